The van der Waals surface area contributed by atoms with Crippen LogP contribution in [0.15, 0.2) is 29.2 Å². The number of piperidine rings is 1. The van der Waals surface area contributed by atoms with Crippen LogP contribution in [0, 0.1) is 5.92 Å². The Labute approximate surface area is 128 Å². The van der Waals surface area contributed by atoms with E-state index in [9.17, 15) is 21.6 Å². The minimum Gasteiger partial charge on any atom is -0.329 e. The zero-order chi connectivity index (χ0) is 16.5. The Balaban J connectivity index is 2.51. The summed E-state index contributed by atoms with van der Waals surface area (Å²) in [6, 6.07) is 3.80. The van der Waals surface area contributed by atoms with Crippen LogP contribution in [0.2, 0.25) is 0 Å². The summed E-state index contributed by atoms with van der Waals surface area (Å²) < 4.78 is 65.9. The van der Waals surface area contributed by atoms with E-state index < -0.39 is 32.7 Å². The Morgan fingerprint density at radius 2 is 1.95 bits per heavy atom. The van der Waals surface area contributed by atoms with Gasteiger partial charge < -0.3 is 5.73 Å². The lowest BCUT2D eigenvalue weighted by Crippen LogP contribution is -2.51. The molecule has 22 heavy (non-hydrogen) atoms. The molecule has 8 heteroatoms. The van der Waals surface area contributed by atoms with Gasteiger partial charge in [-0.1, -0.05) is 19.1 Å². The average Bonchev–Trinajstić information content (AvgIpc) is 2.46. The number of sulfonamides is 1. The third-order valence-electron chi connectivity index (χ3n) is 4.09. The Kier molecular flexibility index (Phi) is 4.84. The molecule has 2 N–H and O–H groups in total. The van der Waals surface area contributed by atoms with Crippen LogP contribution in [0.4, 0.5) is 13.2 Å². The molecule has 1 aromatic carbocycles. The molecule has 0 unspecified atom stereocenters. The molecular formula is C14H19F3N2O2S. The first-order chi connectivity index (χ1) is 10.2. The van der Waals surface area contributed by atoms with Crippen LogP contribution >= 0.6 is 0 Å². The second-order valence-corrected chi connectivity index (χ2v) is 7.39. The Hall–Kier alpha value is -1.12. The first-order valence-electron chi connectivity index (χ1n) is 7.07. The number of alkyl halides is 3. The molecule has 4 nitrogen and oxygen atoms in total. The summed E-state index contributed by atoms with van der Waals surface area (Å²) in [6.45, 7) is 2.16. The van der Waals surface area contributed by atoms with E-state index in [1.807, 2.05) is 6.92 Å². The van der Waals surface area contributed by atoms with Crippen molar-refractivity contribution >= 4 is 10.0 Å². The van der Waals surface area contributed by atoms with Crippen molar-refractivity contribution < 1.29 is 21.6 Å². The summed E-state index contributed by atoms with van der Waals surface area (Å²) in [5, 5.41) is 0. The highest BCUT2D eigenvalue weighted by Crippen LogP contribution is 2.37. The number of hydrogen-bond acceptors (Lipinski definition) is 3. The summed E-state index contributed by atoms with van der Waals surface area (Å²) in [5.41, 5.74) is 4.52. The first-order valence-corrected chi connectivity index (χ1v) is 8.51. The van der Waals surface area contributed by atoms with E-state index in [2.05, 4.69) is 0 Å². The quantitative estimate of drug-likeness (QED) is 0.922. The normalized spacial score (nSPS) is 24.4. The van der Waals surface area contributed by atoms with Crippen molar-refractivity contribution in [2.45, 2.75) is 36.9 Å². The highest BCUT2D eigenvalue weighted by atomic mass is 32.2. The Morgan fingerprint density at radius 3 is 2.55 bits per heavy atom. The molecule has 1 fully saturated rings. The summed E-state index contributed by atoms with van der Waals surface area (Å²) >= 11 is 0. The van der Waals surface area contributed by atoms with Crippen LogP contribution < -0.4 is 5.73 Å². The number of nitrogens with zero attached hydrogens (tertiary/aromatic N) is 1. The zero-order valence-electron chi connectivity index (χ0n) is 12.2. The number of halogens is 3. The molecule has 1 aliphatic rings. The molecular weight excluding hydrogens is 317 g/mol. The van der Waals surface area contributed by atoms with Gasteiger partial charge >= 0.3 is 6.18 Å². The molecule has 1 saturated heterocycles. The second-order valence-electron chi connectivity index (χ2n) is 5.53. The maximum atomic E-state index is 13.1. The summed E-state index contributed by atoms with van der Waals surface area (Å²) in [7, 11) is -4.24. The van der Waals surface area contributed by atoms with Crippen molar-refractivity contribution in [3.05, 3.63) is 29.8 Å². The molecule has 0 aromatic heterocycles. The summed E-state index contributed by atoms with van der Waals surface area (Å²) in [5.74, 6) is 0.0200. The van der Waals surface area contributed by atoms with Gasteiger partial charge in [-0.25, -0.2) is 8.42 Å². The van der Waals surface area contributed by atoms with Gasteiger partial charge in [0.05, 0.1) is 10.5 Å². The Bertz CT molecular complexity index is 631. The van der Waals surface area contributed by atoms with Crippen LogP contribution in [0.3, 0.4) is 0 Å². The van der Waals surface area contributed by atoms with Crippen molar-refractivity contribution in [3.63, 3.8) is 0 Å². The molecule has 0 spiro atoms. The lowest BCUT2D eigenvalue weighted by molar-refractivity contribution is -0.139. The molecule has 0 saturated carbocycles. The van der Waals surface area contributed by atoms with Crippen LogP contribution in [0.25, 0.3) is 0 Å². The van der Waals surface area contributed by atoms with E-state index in [0.29, 0.717) is 6.42 Å². The molecule has 0 radical (unpaired) electrons. The Morgan fingerprint density at radius 1 is 1.32 bits per heavy atom. The van der Waals surface area contributed by atoms with E-state index in [0.717, 1.165) is 22.9 Å². The third kappa shape index (κ3) is 3.13. The number of rotatable bonds is 3. The van der Waals surface area contributed by atoms with E-state index in [-0.39, 0.29) is 19.0 Å². The predicted molar refractivity (Wildman–Crippen MR) is 76.6 cm³/mol. The zero-order valence-corrected chi connectivity index (χ0v) is 13.0. The molecule has 0 bridgehead atoms. The van der Waals surface area contributed by atoms with Crippen LogP contribution in [0.1, 0.15) is 25.3 Å². The van der Waals surface area contributed by atoms with Gasteiger partial charge in [-0.2, -0.15) is 17.5 Å². The molecule has 2 rings (SSSR count). The van der Waals surface area contributed by atoms with E-state index in [1.54, 1.807) is 0 Å². The van der Waals surface area contributed by atoms with E-state index >= 15 is 0 Å². The van der Waals surface area contributed by atoms with Crippen LogP contribution in [-0.2, 0) is 16.2 Å². The van der Waals surface area contributed by atoms with Gasteiger partial charge in [0.1, 0.15) is 0 Å². The average molecular weight is 336 g/mol. The van der Waals surface area contributed by atoms with Gasteiger partial charge in [0.15, 0.2) is 0 Å². The maximum absolute atomic E-state index is 13.1. The van der Waals surface area contributed by atoms with E-state index in [4.69, 9.17) is 5.73 Å². The highest BCUT2D eigenvalue weighted by molar-refractivity contribution is 7.89. The summed E-state index contributed by atoms with van der Waals surface area (Å²) in [6.07, 6.45) is -3.29. The fourth-order valence-electron chi connectivity index (χ4n) is 2.91. The number of benzene rings is 1. The van der Waals surface area contributed by atoms with Gasteiger partial charge in [0.2, 0.25) is 10.0 Å². The standard InChI is InChI=1S/C14H19F3N2O2S/c1-10-5-4-8-19(12(10)9-18)22(20,21)13-7-3-2-6-11(13)14(15,16)17/h2-3,6-7,10,12H,4-5,8-9,18H2,1H3/t10-,12+/m0/s1. The molecule has 1 aliphatic heterocycles. The van der Waals surface area contributed by atoms with Gasteiger partial charge in [0.25, 0.3) is 0 Å². The SMILES string of the molecule is C[C@H]1CCCN(S(=O)(=O)c2ccccc2C(F)(F)F)[C@@H]1CN. The largest absolute Gasteiger partial charge is 0.417 e. The fourth-order valence-corrected chi connectivity index (χ4v) is 4.90. The minimum absolute atomic E-state index is 0.0200. The minimum atomic E-state index is -4.72. The predicted octanol–water partition coefficient (Wildman–Crippen LogP) is 2.45. The maximum Gasteiger partial charge on any atom is 0.417 e. The topological polar surface area (TPSA) is 63.4 Å². The van der Waals surface area contributed by atoms with E-state index in [1.165, 1.54) is 12.1 Å². The first kappa shape index (κ1) is 17.2. The van der Waals surface area contributed by atoms with Gasteiger partial charge in [-0.15, -0.1) is 0 Å². The number of nitrogens with two attached hydrogens (primary N) is 1. The van der Waals surface area contributed by atoms with Gasteiger partial charge in [-0.05, 0) is 30.9 Å². The summed E-state index contributed by atoms with van der Waals surface area (Å²) in [4.78, 5) is -0.699. The molecule has 2 atom stereocenters. The third-order valence-corrected chi connectivity index (χ3v) is 6.07. The van der Waals surface area contributed by atoms with Crippen LogP contribution in [-0.4, -0.2) is 31.9 Å². The van der Waals surface area contributed by atoms with Crippen molar-refractivity contribution in [2.75, 3.05) is 13.1 Å². The molecule has 0 amide bonds. The van der Waals surface area contributed by atoms with Gasteiger partial charge in [0, 0.05) is 19.1 Å². The molecule has 1 heterocycles. The van der Waals surface area contributed by atoms with Crippen molar-refractivity contribution in [1.82, 2.24) is 4.31 Å². The smallest absolute Gasteiger partial charge is 0.329 e. The fraction of sp³-hybridized carbons (Fsp3) is 0.571. The van der Waals surface area contributed by atoms with Crippen molar-refractivity contribution in [2.24, 2.45) is 11.7 Å². The second kappa shape index (κ2) is 6.17. The van der Waals surface area contributed by atoms with Crippen molar-refractivity contribution in [1.29, 1.82) is 0 Å². The van der Waals surface area contributed by atoms with Gasteiger partial charge in [-0.3, -0.25) is 0 Å². The number of hydrogen-bond donors (Lipinski definition) is 1. The van der Waals surface area contributed by atoms with Crippen molar-refractivity contribution in [3.8, 4) is 0 Å². The van der Waals surface area contributed by atoms with Crippen LogP contribution in [0.5, 0.6) is 0 Å². The monoisotopic (exact) mass is 336 g/mol. The molecule has 124 valence electrons. The molecule has 1 aromatic rings. The molecule has 0 aliphatic carbocycles. The lowest BCUT2D eigenvalue weighted by atomic mass is 9.93. The lowest BCUT2D eigenvalue weighted by Gasteiger charge is -2.38. The highest BCUT2D eigenvalue weighted by Gasteiger charge is 2.42.